The Balaban J connectivity index is 1.65. The molecule has 0 radical (unpaired) electrons. The van der Waals surface area contributed by atoms with Gasteiger partial charge in [-0.15, -0.1) is 0 Å². The Morgan fingerprint density at radius 3 is 2.70 bits per heavy atom. The first-order chi connectivity index (χ1) is 11.2. The number of anilines is 1. The number of rotatable bonds is 5. The first kappa shape index (κ1) is 15.6. The second-order valence-corrected chi connectivity index (χ2v) is 6.04. The van der Waals surface area contributed by atoms with Gasteiger partial charge in [-0.25, -0.2) is 9.48 Å². The first-order valence-electron chi connectivity index (χ1n) is 8.28. The molecule has 7 nitrogen and oxygen atoms in total. The minimum Gasteiger partial charge on any atom is -0.329 e. The molecule has 1 atom stereocenters. The zero-order chi connectivity index (χ0) is 16.2. The van der Waals surface area contributed by atoms with Gasteiger partial charge in [-0.05, 0) is 25.3 Å². The normalized spacial score (nSPS) is 16.4. The van der Waals surface area contributed by atoms with Crippen LogP contribution in [-0.2, 0) is 7.05 Å². The number of nitrogens with one attached hydrogen (secondary N) is 2. The van der Waals surface area contributed by atoms with Crippen molar-refractivity contribution in [3.05, 3.63) is 30.2 Å². The van der Waals surface area contributed by atoms with Crippen molar-refractivity contribution < 1.29 is 4.79 Å². The molecule has 1 aliphatic rings. The number of aromatic nitrogens is 4. The largest absolute Gasteiger partial charge is 0.329 e. The number of urea groups is 1. The molecule has 0 spiro atoms. The van der Waals surface area contributed by atoms with E-state index >= 15 is 0 Å². The molecule has 124 valence electrons. The van der Waals surface area contributed by atoms with Crippen LogP contribution in [0.25, 0.3) is 0 Å². The Labute approximate surface area is 136 Å². The highest BCUT2D eigenvalue weighted by Crippen LogP contribution is 2.31. The van der Waals surface area contributed by atoms with Gasteiger partial charge in [0.25, 0.3) is 0 Å². The number of carbonyl (C=O) groups excluding carboxylic acids is 1. The molecule has 0 aliphatic heterocycles. The maximum Gasteiger partial charge on any atom is 0.320 e. The number of hydrogen-bond donors (Lipinski definition) is 2. The highest BCUT2D eigenvalue weighted by molar-refractivity contribution is 5.88. The van der Waals surface area contributed by atoms with Gasteiger partial charge >= 0.3 is 6.03 Å². The van der Waals surface area contributed by atoms with Crippen LogP contribution in [0.1, 0.15) is 56.8 Å². The predicted octanol–water partition coefficient (Wildman–Crippen LogP) is 3.00. The Morgan fingerprint density at radius 1 is 1.30 bits per heavy atom. The predicted molar refractivity (Wildman–Crippen MR) is 88.1 cm³/mol. The minimum absolute atomic E-state index is 0.0645. The zero-order valence-corrected chi connectivity index (χ0v) is 13.7. The lowest BCUT2D eigenvalue weighted by atomic mass is 10.1. The van der Waals surface area contributed by atoms with E-state index in [1.807, 2.05) is 30.8 Å². The molecule has 0 aromatic carbocycles. The fourth-order valence-electron chi connectivity index (χ4n) is 3.27. The van der Waals surface area contributed by atoms with E-state index in [0.29, 0.717) is 6.04 Å². The van der Waals surface area contributed by atoms with Crippen LogP contribution in [0, 0.1) is 0 Å². The fourth-order valence-corrected chi connectivity index (χ4v) is 3.27. The van der Waals surface area contributed by atoms with Gasteiger partial charge in [0, 0.05) is 19.3 Å². The summed E-state index contributed by atoms with van der Waals surface area (Å²) in [5, 5.41) is 14.5. The van der Waals surface area contributed by atoms with Gasteiger partial charge < -0.3 is 5.32 Å². The van der Waals surface area contributed by atoms with Crippen molar-refractivity contribution in [3.8, 4) is 0 Å². The van der Waals surface area contributed by atoms with Crippen LogP contribution in [-0.4, -0.2) is 25.6 Å². The molecule has 2 aromatic heterocycles. The summed E-state index contributed by atoms with van der Waals surface area (Å²) >= 11 is 0. The zero-order valence-electron chi connectivity index (χ0n) is 13.7. The minimum atomic E-state index is -0.210. The van der Waals surface area contributed by atoms with Gasteiger partial charge in [0.1, 0.15) is 5.82 Å². The molecule has 1 saturated carbocycles. The van der Waals surface area contributed by atoms with E-state index in [1.54, 1.807) is 17.1 Å². The summed E-state index contributed by atoms with van der Waals surface area (Å²) in [4.78, 5) is 12.4. The summed E-state index contributed by atoms with van der Waals surface area (Å²) in [6.07, 6.45) is 9.01. The molecule has 1 fully saturated rings. The van der Waals surface area contributed by atoms with E-state index in [4.69, 9.17) is 0 Å². The van der Waals surface area contributed by atoms with Gasteiger partial charge in [0.15, 0.2) is 0 Å². The van der Waals surface area contributed by atoms with Crippen molar-refractivity contribution in [3.63, 3.8) is 0 Å². The highest BCUT2D eigenvalue weighted by atomic mass is 16.2. The van der Waals surface area contributed by atoms with E-state index in [-0.39, 0.29) is 12.1 Å². The Kier molecular flexibility index (Phi) is 4.64. The molecule has 1 unspecified atom stereocenters. The van der Waals surface area contributed by atoms with Gasteiger partial charge in [-0.2, -0.15) is 10.2 Å². The lowest BCUT2D eigenvalue weighted by Gasteiger charge is -2.19. The van der Waals surface area contributed by atoms with Crippen molar-refractivity contribution in [2.24, 2.45) is 7.05 Å². The molecule has 3 rings (SSSR count). The van der Waals surface area contributed by atoms with Crippen LogP contribution in [0.4, 0.5) is 10.6 Å². The average Bonchev–Trinajstić information content (AvgIpc) is 3.25. The smallest absolute Gasteiger partial charge is 0.320 e. The van der Waals surface area contributed by atoms with Crippen LogP contribution in [0.2, 0.25) is 0 Å². The van der Waals surface area contributed by atoms with Gasteiger partial charge in [0.05, 0.1) is 24.0 Å². The van der Waals surface area contributed by atoms with Crippen LogP contribution < -0.4 is 10.6 Å². The van der Waals surface area contributed by atoms with Crippen LogP contribution >= 0.6 is 0 Å². The SMILES string of the molecule is CCC(NC(=O)Nc1ccnn1C1CCCC1)c1ccnn1C. The van der Waals surface area contributed by atoms with Crippen molar-refractivity contribution in [1.82, 2.24) is 24.9 Å². The van der Waals surface area contributed by atoms with Crippen molar-refractivity contribution >= 4 is 11.8 Å². The summed E-state index contributed by atoms with van der Waals surface area (Å²) < 4.78 is 3.73. The summed E-state index contributed by atoms with van der Waals surface area (Å²) in [7, 11) is 1.88. The van der Waals surface area contributed by atoms with Crippen molar-refractivity contribution in [2.75, 3.05) is 5.32 Å². The fraction of sp³-hybridized carbons (Fsp3) is 0.562. The molecule has 1 aliphatic carbocycles. The molecule has 2 heterocycles. The average molecular weight is 316 g/mol. The standard InChI is InChI=1S/C16H24N6O/c1-3-13(14-8-10-17-21(14)2)19-16(23)20-15-9-11-18-22(15)12-6-4-5-7-12/h8-13H,3-7H2,1-2H3,(H2,19,20,23). The topological polar surface area (TPSA) is 76.8 Å². The van der Waals surface area contributed by atoms with E-state index in [0.717, 1.165) is 30.8 Å². The molecule has 23 heavy (non-hydrogen) atoms. The van der Waals surface area contributed by atoms with Crippen LogP contribution in [0.15, 0.2) is 24.5 Å². The van der Waals surface area contributed by atoms with Crippen molar-refractivity contribution in [1.29, 1.82) is 0 Å². The van der Waals surface area contributed by atoms with E-state index in [9.17, 15) is 4.79 Å². The maximum absolute atomic E-state index is 12.4. The Hall–Kier alpha value is -2.31. The summed E-state index contributed by atoms with van der Waals surface area (Å²) in [5.41, 5.74) is 0.993. The maximum atomic E-state index is 12.4. The molecule has 2 N–H and O–H groups in total. The summed E-state index contributed by atoms with van der Waals surface area (Å²) in [5.74, 6) is 0.759. The second-order valence-electron chi connectivity index (χ2n) is 6.04. The molecule has 2 aromatic rings. The van der Waals surface area contributed by atoms with Crippen LogP contribution in [0.3, 0.4) is 0 Å². The third kappa shape index (κ3) is 3.38. The quantitative estimate of drug-likeness (QED) is 0.890. The molecule has 7 heteroatoms. The van der Waals surface area contributed by atoms with Gasteiger partial charge in [-0.3, -0.25) is 10.00 Å². The number of hydrogen-bond acceptors (Lipinski definition) is 3. The third-order valence-corrected chi connectivity index (χ3v) is 4.51. The van der Waals surface area contributed by atoms with Crippen LogP contribution in [0.5, 0.6) is 0 Å². The molecular weight excluding hydrogens is 292 g/mol. The summed E-state index contributed by atoms with van der Waals surface area (Å²) in [6, 6.07) is 3.91. The van der Waals surface area contributed by atoms with Crippen molar-refractivity contribution in [2.45, 2.75) is 51.1 Å². The number of amides is 2. The van der Waals surface area contributed by atoms with Gasteiger partial charge in [-0.1, -0.05) is 19.8 Å². The molecule has 0 bridgehead atoms. The Morgan fingerprint density at radius 2 is 2.04 bits per heavy atom. The summed E-state index contributed by atoms with van der Waals surface area (Å²) in [6.45, 7) is 2.04. The number of nitrogens with zero attached hydrogens (tertiary/aromatic N) is 4. The molecule has 2 amide bonds. The molecular formula is C16H24N6O. The van der Waals surface area contributed by atoms with Gasteiger partial charge in [0.2, 0.25) is 0 Å². The number of carbonyl (C=O) groups is 1. The molecule has 0 saturated heterocycles. The Bertz CT molecular complexity index is 655. The van der Waals surface area contributed by atoms with E-state index < -0.39 is 0 Å². The van der Waals surface area contributed by atoms with E-state index in [1.165, 1.54) is 12.8 Å². The highest BCUT2D eigenvalue weighted by Gasteiger charge is 2.21. The third-order valence-electron chi connectivity index (χ3n) is 4.51. The van der Waals surface area contributed by atoms with E-state index in [2.05, 4.69) is 20.8 Å². The first-order valence-corrected chi connectivity index (χ1v) is 8.28. The lowest BCUT2D eigenvalue weighted by molar-refractivity contribution is 0.247. The lowest BCUT2D eigenvalue weighted by Crippen LogP contribution is -2.34. The second kappa shape index (κ2) is 6.85. The monoisotopic (exact) mass is 316 g/mol. The number of aryl methyl sites for hydroxylation is 1.